The SMILES string of the molecule is CC1(C2=NOCC2)NCC(c2ccccc2)C1c1ccccc1. The Hall–Kier alpha value is -2.13. The van der Waals surface area contributed by atoms with Crippen molar-refractivity contribution in [3.8, 4) is 0 Å². The van der Waals surface area contributed by atoms with Crippen molar-refractivity contribution in [3.63, 3.8) is 0 Å². The van der Waals surface area contributed by atoms with Crippen LogP contribution in [0.25, 0.3) is 0 Å². The first-order valence-corrected chi connectivity index (χ1v) is 8.33. The second-order valence-electron chi connectivity index (χ2n) is 6.61. The lowest BCUT2D eigenvalue weighted by Crippen LogP contribution is -2.48. The Labute approximate surface area is 137 Å². The van der Waals surface area contributed by atoms with Crippen LogP contribution in [0, 0.1) is 0 Å². The van der Waals surface area contributed by atoms with Gasteiger partial charge in [0.25, 0.3) is 0 Å². The Morgan fingerprint density at radius 1 is 1.00 bits per heavy atom. The first-order valence-electron chi connectivity index (χ1n) is 8.33. The predicted molar refractivity (Wildman–Crippen MR) is 92.8 cm³/mol. The number of rotatable bonds is 3. The van der Waals surface area contributed by atoms with Gasteiger partial charge in [-0.3, -0.25) is 0 Å². The molecule has 0 bridgehead atoms. The highest BCUT2D eigenvalue weighted by atomic mass is 16.6. The van der Waals surface area contributed by atoms with E-state index >= 15 is 0 Å². The lowest BCUT2D eigenvalue weighted by molar-refractivity contribution is 0.173. The molecule has 1 N–H and O–H groups in total. The normalized spacial score (nSPS) is 30.0. The highest BCUT2D eigenvalue weighted by molar-refractivity contribution is 5.95. The quantitative estimate of drug-likeness (QED) is 0.938. The monoisotopic (exact) mass is 306 g/mol. The second kappa shape index (κ2) is 5.82. The molecule has 23 heavy (non-hydrogen) atoms. The number of nitrogens with one attached hydrogen (secondary N) is 1. The van der Waals surface area contributed by atoms with Crippen LogP contribution in [-0.2, 0) is 4.84 Å². The van der Waals surface area contributed by atoms with Crippen LogP contribution < -0.4 is 5.32 Å². The fourth-order valence-electron chi connectivity index (χ4n) is 4.14. The predicted octanol–water partition coefficient (Wildman–Crippen LogP) is 3.69. The molecule has 2 aliphatic heterocycles. The van der Waals surface area contributed by atoms with Gasteiger partial charge in [-0.2, -0.15) is 0 Å². The van der Waals surface area contributed by atoms with E-state index in [4.69, 9.17) is 4.84 Å². The zero-order valence-corrected chi connectivity index (χ0v) is 13.4. The molecular weight excluding hydrogens is 284 g/mol. The molecule has 0 spiro atoms. The molecule has 0 aliphatic carbocycles. The van der Waals surface area contributed by atoms with Gasteiger partial charge in [-0.15, -0.1) is 0 Å². The van der Waals surface area contributed by atoms with Gasteiger partial charge in [-0.05, 0) is 18.1 Å². The van der Waals surface area contributed by atoms with Gasteiger partial charge in [0.2, 0.25) is 0 Å². The first-order chi connectivity index (χ1) is 11.3. The summed E-state index contributed by atoms with van der Waals surface area (Å²) < 4.78 is 0. The average molecular weight is 306 g/mol. The summed E-state index contributed by atoms with van der Waals surface area (Å²) in [5, 5.41) is 8.11. The molecule has 0 radical (unpaired) electrons. The van der Waals surface area contributed by atoms with Crippen LogP contribution in [0.4, 0.5) is 0 Å². The molecule has 0 amide bonds. The van der Waals surface area contributed by atoms with Crippen molar-refractivity contribution < 1.29 is 4.84 Å². The molecule has 3 heteroatoms. The summed E-state index contributed by atoms with van der Waals surface area (Å²) in [6, 6.07) is 21.6. The van der Waals surface area contributed by atoms with Gasteiger partial charge in [-0.25, -0.2) is 0 Å². The maximum Gasteiger partial charge on any atom is 0.122 e. The molecule has 3 atom stereocenters. The standard InChI is InChI=1S/C20H22N2O/c1-20(18-12-13-23-22-18)19(16-10-6-3-7-11-16)17(14-21-20)15-8-4-2-5-9-15/h2-11,17,19,21H,12-14H2,1H3. The number of hydrogen-bond acceptors (Lipinski definition) is 3. The third-order valence-corrected chi connectivity index (χ3v) is 5.30. The van der Waals surface area contributed by atoms with E-state index < -0.39 is 0 Å². The summed E-state index contributed by atoms with van der Waals surface area (Å²) in [6.45, 7) is 3.93. The van der Waals surface area contributed by atoms with Crippen molar-refractivity contribution >= 4 is 5.71 Å². The molecule has 118 valence electrons. The lowest BCUT2D eigenvalue weighted by atomic mass is 9.71. The summed E-state index contributed by atoms with van der Waals surface area (Å²) in [5.41, 5.74) is 3.74. The number of hydrogen-bond donors (Lipinski definition) is 1. The van der Waals surface area contributed by atoms with Crippen LogP contribution in [0.5, 0.6) is 0 Å². The molecule has 3 nitrogen and oxygen atoms in total. The molecule has 1 fully saturated rings. The highest BCUT2D eigenvalue weighted by Gasteiger charge is 2.50. The molecule has 2 heterocycles. The largest absolute Gasteiger partial charge is 0.395 e. The second-order valence-corrected chi connectivity index (χ2v) is 6.61. The molecule has 0 aromatic heterocycles. The average Bonchev–Trinajstić information content (AvgIpc) is 3.25. The first kappa shape index (κ1) is 14.5. The third kappa shape index (κ3) is 2.45. The summed E-state index contributed by atoms with van der Waals surface area (Å²) in [5.74, 6) is 0.790. The van der Waals surface area contributed by atoms with E-state index in [1.807, 2.05) is 0 Å². The Kier molecular flexibility index (Phi) is 3.66. The van der Waals surface area contributed by atoms with Crippen LogP contribution in [0.15, 0.2) is 65.8 Å². The van der Waals surface area contributed by atoms with Gasteiger partial charge >= 0.3 is 0 Å². The van der Waals surface area contributed by atoms with E-state index in [2.05, 4.69) is 78.1 Å². The topological polar surface area (TPSA) is 33.6 Å². The smallest absolute Gasteiger partial charge is 0.122 e. The molecule has 2 aliphatic rings. The van der Waals surface area contributed by atoms with Crippen LogP contribution >= 0.6 is 0 Å². The van der Waals surface area contributed by atoms with Gasteiger partial charge in [0, 0.05) is 24.8 Å². The van der Waals surface area contributed by atoms with E-state index in [0.29, 0.717) is 18.4 Å². The van der Waals surface area contributed by atoms with Crippen LogP contribution in [0.2, 0.25) is 0 Å². The molecule has 2 aromatic rings. The number of oxime groups is 1. The highest BCUT2D eigenvalue weighted by Crippen LogP contribution is 2.46. The summed E-state index contributed by atoms with van der Waals surface area (Å²) in [7, 11) is 0. The van der Waals surface area contributed by atoms with Gasteiger partial charge in [0.05, 0.1) is 11.3 Å². The maximum atomic E-state index is 5.31. The lowest BCUT2D eigenvalue weighted by Gasteiger charge is -2.34. The molecule has 1 saturated heterocycles. The summed E-state index contributed by atoms with van der Waals surface area (Å²) >= 11 is 0. The molecule has 4 rings (SSSR count). The Morgan fingerprint density at radius 2 is 1.65 bits per heavy atom. The van der Waals surface area contributed by atoms with E-state index in [1.54, 1.807) is 0 Å². The Bertz CT molecular complexity index is 698. The van der Waals surface area contributed by atoms with Crippen molar-refractivity contribution in [1.82, 2.24) is 5.32 Å². The van der Waals surface area contributed by atoms with Gasteiger partial charge in [0.15, 0.2) is 0 Å². The van der Waals surface area contributed by atoms with Crippen LogP contribution in [0.1, 0.15) is 36.3 Å². The van der Waals surface area contributed by atoms with Crippen LogP contribution in [-0.4, -0.2) is 24.4 Å². The fourth-order valence-corrected chi connectivity index (χ4v) is 4.14. The Balaban J connectivity index is 1.79. The van der Waals surface area contributed by atoms with E-state index in [1.165, 1.54) is 11.1 Å². The zero-order chi connectivity index (χ0) is 15.7. The van der Waals surface area contributed by atoms with Crippen molar-refractivity contribution in [1.29, 1.82) is 0 Å². The minimum Gasteiger partial charge on any atom is -0.395 e. The van der Waals surface area contributed by atoms with E-state index in [9.17, 15) is 0 Å². The minimum atomic E-state index is -0.154. The van der Waals surface area contributed by atoms with E-state index in [0.717, 1.165) is 18.7 Å². The van der Waals surface area contributed by atoms with E-state index in [-0.39, 0.29) is 5.54 Å². The summed E-state index contributed by atoms with van der Waals surface area (Å²) in [4.78, 5) is 5.31. The third-order valence-electron chi connectivity index (χ3n) is 5.30. The molecular formula is C20H22N2O. The van der Waals surface area contributed by atoms with Crippen molar-refractivity contribution in [2.45, 2.75) is 30.7 Å². The van der Waals surface area contributed by atoms with Gasteiger partial charge in [0.1, 0.15) is 6.61 Å². The Morgan fingerprint density at radius 3 is 2.26 bits per heavy atom. The van der Waals surface area contributed by atoms with Gasteiger partial charge < -0.3 is 10.2 Å². The van der Waals surface area contributed by atoms with Crippen LogP contribution in [0.3, 0.4) is 0 Å². The number of benzene rings is 2. The molecule has 0 saturated carbocycles. The number of nitrogens with zero attached hydrogens (tertiary/aromatic N) is 1. The zero-order valence-electron chi connectivity index (χ0n) is 13.4. The summed E-state index contributed by atoms with van der Waals surface area (Å²) in [6.07, 6.45) is 0.911. The van der Waals surface area contributed by atoms with Crippen molar-refractivity contribution in [2.75, 3.05) is 13.2 Å². The molecule has 2 aromatic carbocycles. The fraction of sp³-hybridized carbons (Fsp3) is 0.350. The molecule has 3 unspecified atom stereocenters. The maximum absolute atomic E-state index is 5.31. The van der Waals surface area contributed by atoms with Crippen molar-refractivity contribution in [3.05, 3.63) is 71.8 Å². The minimum absolute atomic E-state index is 0.154. The van der Waals surface area contributed by atoms with Gasteiger partial charge in [-0.1, -0.05) is 65.8 Å². The van der Waals surface area contributed by atoms with Crippen molar-refractivity contribution in [2.24, 2.45) is 5.16 Å².